The number of benzene rings is 2. The van der Waals surface area contributed by atoms with Gasteiger partial charge in [0.1, 0.15) is 18.1 Å². The Morgan fingerprint density at radius 1 is 1.12 bits per heavy atom. The standard InChI is InChI=1S/C25H22ClFN4O3/c1-14-8-9-18(26)12-22(14)31-15(2)10-17(16(31)3)11-21-24(33)30(25(34)29-21)13-23(32)28-20-7-5-4-6-19(20)27/h4-12H,13H2,1-3H3,(H,28,32)(H,29,34)/b21-11+. The van der Waals surface area contributed by atoms with Crippen molar-refractivity contribution in [3.8, 4) is 5.69 Å². The van der Waals surface area contributed by atoms with Crippen LogP contribution in [0.4, 0.5) is 14.9 Å². The Kier molecular flexibility index (Phi) is 6.26. The van der Waals surface area contributed by atoms with Crippen LogP contribution in [0.5, 0.6) is 0 Å². The van der Waals surface area contributed by atoms with Gasteiger partial charge in [0, 0.05) is 22.1 Å². The summed E-state index contributed by atoms with van der Waals surface area (Å²) in [4.78, 5) is 38.3. The molecule has 0 unspecified atom stereocenters. The zero-order valence-electron chi connectivity index (χ0n) is 18.8. The van der Waals surface area contributed by atoms with Crippen molar-refractivity contribution in [3.05, 3.63) is 87.6 Å². The molecule has 0 radical (unpaired) electrons. The summed E-state index contributed by atoms with van der Waals surface area (Å²) < 4.78 is 15.8. The van der Waals surface area contributed by atoms with Crippen molar-refractivity contribution in [2.45, 2.75) is 20.8 Å². The van der Waals surface area contributed by atoms with Crippen molar-refractivity contribution in [2.75, 3.05) is 11.9 Å². The smallest absolute Gasteiger partial charge is 0.322 e. The molecule has 1 fully saturated rings. The molecule has 1 aliphatic rings. The van der Waals surface area contributed by atoms with Crippen LogP contribution in [0.2, 0.25) is 5.02 Å². The lowest BCUT2D eigenvalue weighted by molar-refractivity contribution is -0.127. The van der Waals surface area contributed by atoms with E-state index in [1.165, 1.54) is 18.2 Å². The van der Waals surface area contributed by atoms with Gasteiger partial charge in [-0.3, -0.25) is 9.59 Å². The van der Waals surface area contributed by atoms with Gasteiger partial charge in [-0.05, 0) is 68.3 Å². The quantitative estimate of drug-likeness (QED) is 0.409. The maximum absolute atomic E-state index is 13.8. The first-order valence-corrected chi connectivity index (χ1v) is 10.9. The van der Waals surface area contributed by atoms with E-state index in [2.05, 4.69) is 10.6 Å². The van der Waals surface area contributed by atoms with E-state index >= 15 is 0 Å². The highest BCUT2D eigenvalue weighted by molar-refractivity contribution is 6.30. The molecule has 3 aromatic rings. The number of carbonyl (C=O) groups excluding carboxylic acids is 3. The number of carbonyl (C=O) groups is 3. The number of hydrogen-bond donors (Lipinski definition) is 2. The predicted octanol–water partition coefficient (Wildman–Crippen LogP) is 4.73. The van der Waals surface area contributed by atoms with E-state index in [1.807, 2.05) is 49.6 Å². The number of imide groups is 1. The zero-order chi connectivity index (χ0) is 24.6. The van der Waals surface area contributed by atoms with Crippen molar-refractivity contribution in [3.63, 3.8) is 0 Å². The number of amides is 4. The molecular weight excluding hydrogens is 459 g/mol. The molecule has 1 saturated heterocycles. The Morgan fingerprint density at radius 3 is 2.59 bits per heavy atom. The monoisotopic (exact) mass is 480 g/mol. The molecule has 0 atom stereocenters. The van der Waals surface area contributed by atoms with Gasteiger partial charge in [0.2, 0.25) is 5.91 Å². The lowest BCUT2D eigenvalue weighted by Gasteiger charge is -2.13. The molecule has 0 saturated carbocycles. The van der Waals surface area contributed by atoms with E-state index in [4.69, 9.17) is 11.6 Å². The minimum Gasteiger partial charge on any atom is -0.322 e. The lowest BCUT2D eigenvalue weighted by Crippen LogP contribution is -2.38. The Bertz CT molecular complexity index is 1360. The summed E-state index contributed by atoms with van der Waals surface area (Å²) in [6.45, 7) is 5.27. The van der Waals surface area contributed by atoms with E-state index < -0.39 is 30.2 Å². The Hall–Kier alpha value is -3.91. The van der Waals surface area contributed by atoms with Crippen molar-refractivity contribution >= 4 is 41.2 Å². The predicted molar refractivity (Wildman–Crippen MR) is 128 cm³/mol. The lowest BCUT2D eigenvalue weighted by atomic mass is 10.2. The molecule has 0 aliphatic carbocycles. The van der Waals surface area contributed by atoms with Crippen LogP contribution in [-0.2, 0) is 9.59 Å². The molecule has 2 heterocycles. The topological polar surface area (TPSA) is 83.4 Å². The number of para-hydroxylation sites is 1. The average molecular weight is 481 g/mol. The Labute approximate surface area is 200 Å². The second-order valence-corrected chi connectivity index (χ2v) is 8.44. The maximum Gasteiger partial charge on any atom is 0.329 e. The number of nitrogens with one attached hydrogen (secondary N) is 2. The van der Waals surface area contributed by atoms with Gasteiger partial charge in [0.15, 0.2) is 0 Å². The minimum absolute atomic E-state index is 0.0286. The zero-order valence-corrected chi connectivity index (χ0v) is 19.5. The number of anilines is 1. The van der Waals surface area contributed by atoms with Crippen LogP contribution in [-0.4, -0.2) is 33.9 Å². The van der Waals surface area contributed by atoms with Gasteiger partial charge in [-0.2, -0.15) is 0 Å². The van der Waals surface area contributed by atoms with E-state index in [-0.39, 0.29) is 11.4 Å². The first kappa shape index (κ1) is 23.3. The summed E-state index contributed by atoms with van der Waals surface area (Å²) in [6.07, 6.45) is 1.58. The van der Waals surface area contributed by atoms with Crippen molar-refractivity contribution in [1.29, 1.82) is 0 Å². The van der Waals surface area contributed by atoms with Crippen LogP contribution >= 0.6 is 11.6 Å². The molecule has 2 N–H and O–H groups in total. The third kappa shape index (κ3) is 4.45. The molecule has 34 heavy (non-hydrogen) atoms. The highest BCUT2D eigenvalue weighted by Crippen LogP contribution is 2.27. The fourth-order valence-corrected chi connectivity index (χ4v) is 4.06. The summed E-state index contributed by atoms with van der Waals surface area (Å²) in [5.74, 6) is -1.94. The van der Waals surface area contributed by atoms with Crippen LogP contribution in [0.1, 0.15) is 22.5 Å². The van der Waals surface area contributed by atoms with Crippen LogP contribution in [0.3, 0.4) is 0 Å². The number of aryl methyl sites for hydroxylation is 2. The minimum atomic E-state index is -0.723. The molecule has 4 rings (SSSR count). The van der Waals surface area contributed by atoms with Gasteiger partial charge in [-0.25, -0.2) is 14.1 Å². The van der Waals surface area contributed by atoms with Crippen LogP contribution < -0.4 is 10.6 Å². The van der Waals surface area contributed by atoms with Gasteiger partial charge in [0.05, 0.1) is 5.69 Å². The second-order valence-electron chi connectivity index (χ2n) is 8.00. The third-order valence-electron chi connectivity index (χ3n) is 5.59. The first-order chi connectivity index (χ1) is 16.2. The highest BCUT2D eigenvalue weighted by Gasteiger charge is 2.35. The summed E-state index contributed by atoms with van der Waals surface area (Å²) in [6, 6.07) is 12.4. The highest BCUT2D eigenvalue weighted by atomic mass is 35.5. The molecule has 9 heteroatoms. The largest absolute Gasteiger partial charge is 0.329 e. The van der Waals surface area contributed by atoms with E-state index in [0.717, 1.165) is 33.1 Å². The van der Waals surface area contributed by atoms with Crippen molar-refractivity contribution in [1.82, 2.24) is 14.8 Å². The van der Waals surface area contributed by atoms with Gasteiger partial charge >= 0.3 is 6.03 Å². The van der Waals surface area contributed by atoms with Gasteiger partial charge in [-0.1, -0.05) is 29.8 Å². The van der Waals surface area contributed by atoms with Crippen molar-refractivity contribution < 1.29 is 18.8 Å². The molecule has 4 amide bonds. The molecule has 1 aromatic heterocycles. The molecule has 174 valence electrons. The normalized spacial score (nSPS) is 14.6. The fraction of sp³-hybridized carbons (Fsp3) is 0.160. The molecule has 0 bridgehead atoms. The third-order valence-corrected chi connectivity index (χ3v) is 5.83. The maximum atomic E-state index is 13.8. The number of urea groups is 1. The fourth-order valence-electron chi connectivity index (χ4n) is 3.89. The summed E-state index contributed by atoms with van der Waals surface area (Å²) in [5.41, 5.74) is 4.48. The van der Waals surface area contributed by atoms with Crippen LogP contribution in [0, 0.1) is 26.6 Å². The average Bonchev–Trinajstić information content (AvgIpc) is 3.21. The number of aromatic nitrogens is 1. The summed E-state index contributed by atoms with van der Waals surface area (Å²) in [5, 5.41) is 5.49. The second kappa shape index (κ2) is 9.15. The number of halogens is 2. The molecule has 7 nitrogen and oxygen atoms in total. The van der Waals surface area contributed by atoms with Crippen molar-refractivity contribution in [2.24, 2.45) is 0 Å². The number of rotatable bonds is 5. The SMILES string of the molecule is Cc1ccc(Cl)cc1-n1c(C)cc(/C=C2/NC(=O)N(CC(=O)Nc3ccccc3F)C2=O)c1C. The van der Waals surface area contributed by atoms with E-state index in [0.29, 0.717) is 5.02 Å². The van der Waals surface area contributed by atoms with Crippen LogP contribution in [0.15, 0.2) is 54.2 Å². The van der Waals surface area contributed by atoms with Gasteiger partial charge in [-0.15, -0.1) is 0 Å². The van der Waals surface area contributed by atoms with Gasteiger partial charge in [0.25, 0.3) is 5.91 Å². The Balaban J connectivity index is 1.56. The Morgan fingerprint density at radius 2 is 1.85 bits per heavy atom. The molecule has 0 spiro atoms. The number of nitrogens with zero attached hydrogens (tertiary/aromatic N) is 2. The number of hydrogen-bond acceptors (Lipinski definition) is 3. The summed E-state index contributed by atoms with van der Waals surface area (Å²) >= 11 is 6.19. The first-order valence-electron chi connectivity index (χ1n) is 10.5. The van der Waals surface area contributed by atoms with Gasteiger partial charge < -0.3 is 15.2 Å². The van der Waals surface area contributed by atoms with E-state index in [1.54, 1.807) is 12.1 Å². The molecule has 2 aromatic carbocycles. The molecule has 1 aliphatic heterocycles. The van der Waals surface area contributed by atoms with Crippen LogP contribution in [0.25, 0.3) is 11.8 Å². The van der Waals surface area contributed by atoms with E-state index in [9.17, 15) is 18.8 Å². The summed E-state index contributed by atoms with van der Waals surface area (Å²) in [7, 11) is 0. The molecular formula is C25H22ClFN4O3.